The van der Waals surface area contributed by atoms with Crippen LogP contribution in [0.5, 0.6) is 5.75 Å². The maximum atomic E-state index is 5.75. The van der Waals surface area contributed by atoms with Gasteiger partial charge in [0.1, 0.15) is 12.4 Å². The summed E-state index contributed by atoms with van der Waals surface area (Å²) in [7, 11) is 4.03. The minimum atomic E-state index is 0.690. The number of benzene rings is 1. The summed E-state index contributed by atoms with van der Waals surface area (Å²) in [6.07, 6.45) is 6.01. The lowest BCUT2D eigenvalue weighted by atomic mass is 10.3. The van der Waals surface area contributed by atoms with Gasteiger partial charge in [-0.05, 0) is 37.6 Å². The molecule has 2 aromatic rings. The van der Waals surface area contributed by atoms with Crippen LogP contribution in [0, 0.1) is 0 Å². The number of aryl methyl sites for hydroxylation is 1. The molecule has 4 nitrogen and oxygen atoms in total. The third-order valence-corrected chi connectivity index (χ3v) is 3.76. The predicted molar refractivity (Wildman–Crippen MR) is 83.3 cm³/mol. The van der Waals surface area contributed by atoms with Crippen molar-refractivity contribution < 1.29 is 4.74 Å². The average Bonchev–Trinajstić information content (AvgIpc) is 2.85. The van der Waals surface area contributed by atoms with E-state index in [2.05, 4.69) is 35.4 Å². The van der Waals surface area contributed by atoms with Crippen molar-refractivity contribution in [1.29, 1.82) is 0 Å². The fourth-order valence-electron chi connectivity index (χ4n) is 1.94. The highest BCUT2D eigenvalue weighted by Crippen LogP contribution is 2.18. The van der Waals surface area contributed by atoms with Crippen LogP contribution in [0.15, 0.2) is 41.6 Å². The van der Waals surface area contributed by atoms with Crippen LogP contribution < -0.4 is 4.74 Å². The first kappa shape index (κ1) is 14.9. The van der Waals surface area contributed by atoms with Crippen molar-refractivity contribution in [3.63, 3.8) is 0 Å². The molecule has 0 unspecified atom stereocenters. The quantitative estimate of drug-likeness (QED) is 0.734. The summed E-state index contributed by atoms with van der Waals surface area (Å²) in [6, 6.07) is 8.21. The lowest BCUT2D eigenvalue weighted by Gasteiger charge is -2.16. The number of rotatable bonds is 7. The molecule has 0 bridgehead atoms. The number of aromatic nitrogens is 2. The summed E-state index contributed by atoms with van der Waals surface area (Å²) in [5, 5.41) is 4.17. The molecule has 20 heavy (non-hydrogen) atoms. The summed E-state index contributed by atoms with van der Waals surface area (Å²) in [5.41, 5.74) is 1.22. The van der Waals surface area contributed by atoms with Crippen molar-refractivity contribution in [3.8, 4) is 5.75 Å². The zero-order valence-electron chi connectivity index (χ0n) is 12.2. The zero-order chi connectivity index (χ0) is 14.4. The molecule has 0 atom stereocenters. The number of hydrogen-bond donors (Lipinski definition) is 0. The normalized spacial score (nSPS) is 11.0. The number of thioether (sulfide) groups is 1. The molecule has 0 aliphatic heterocycles. The first-order chi connectivity index (χ1) is 9.67. The molecule has 0 saturated heterocycles. The summed E-state index contributed by atoms with van der Waals surface area (Å²) in [6.45, 7) is 2.47. The van der Waals surface area contributed by atoms with Gasteiger partial charge in [-0.25, -0.2) is 0 Å². The molecule has 0 N–H and O–H groups in total. The van der Waals surface area contributed by atoms with Crippen molar-refractivity contribution in [3.05, 3.63) is 42.2 Å². The standard InChI is InChI=1S/C15H21N3OS/c1-17(11-13-10-16-18(2)12-13)8-9-19-14-4-6-15(20-3)7-5-14/h4-7,10,12H,8-9,11H2,1-3H3. The Labute approximate surface area is 124 Å². The molecule has 0 amide bonds. The highest BCUT2D eigenvalue weighted by molar-refractivity contribution is 7.98. The lowest BCUT2D eigenvalue weighted by Crippen LogP contribution is -2.23. The van der Waals surface area contributed by atoms with E-state index in [1.165, 1.54) is 10.5 Å². The van der Waals surface area contributed by atoms with Gasteiger partial charge >= 0.3 is 0 Å². The fraction of sp³-hybridized carbons (Fsp3) is 0.400. The number of likely N-dealkylation sites (N-methyl/N-ethyl adjacent to an activating group) is 1. The molecule has 108 valence electrons. The second-order valence-electron chi connectivity index (χ2n) is 4.78. The lowest BCUT2D eigenvalue weighted by molar-refractivity contribution is 0.233. The number of hydrogen-bond acceptors (Lipinski definition) is 4. The molecule has 0 saturated carbocycles. The van der Waals surface area contributed by atoms with Crippen LogP contribution in [0.3, 0.4) is 0 Å². The summed E-state index contributed by atoms with van der Waals surface area (Å²) in [5.74, 6) is 0.928. The van der Waals surface area contributed by atoms with Gasteiger partial charge in [0.2, 0.25) is 0 Å². The third-order valence-electron chi connectivity index (χ3n) is 3.01. The van der Waals surface area contributed by atoms with E-state index in [4.69, 9.17) is 4.74 Å². The van der Waals surface area contributed by atoms with Gasteiger partial charge in [-0.15, -0.1) is 11.8 Å². The molecule has 1 aromatic carbocycles. The van der Waals surface area contributed by atoms with Crippen molar-refractivity contribution in [2.75, 3.05) is 26.5 Å². The molecule has 0 aliphatic carbocycles. The van der Waals surface area contributed by atoms with Gasteiger partial charge in [0.15, 0.2) is 0 Å². The molecule has 0 aliphatic rings. The van der Waals surface area contributed by atoms with E-state index in [0.717, 1.165) is 18.8 Å². The van der Waals surface area contributed by atoms with Crippen LogP contribution in [-0.2, 0) is 13.6 Å². The number of nitrogens with zero attached hydrogens (tertiary/aromatic N) is 3. The Balaban J connectivity index is 1.71. The maximum Gasteiger partial charge on any atom is 0.119 e. The van der Waals surface area contributed by atoms with Crippen LogP contribution in [0.1, 0.15) is 5.56 Å². The predicted octanol–water partition coefficient (Wildman–Crippen LogP) is 2.65. The topological polar surface area (TPSA) is 30.3 Å². The van der Waals surface area contributed by atoms with E-state index in [1.807, 2.05) is 36.3 Å². The summed E-state index contributed by atoms with van der Waals surface area (Å²) < 4.78 is 7.57. The fourth-order valence-corrected chi connectivity index (χ4v) is 2.34. The van der Waals surface area contributed by atoms with E-state index in [0.29, 0.717) is 6.61 Å². The van der Waals surface area contributed by atoms with Gasteiger partial charge in [0, 0.05) is 36.8 Å². The van der Waals surface area contributed by atoms with Gasteiger partial charge in [-0.3, -0.25) is 9.58 Å². The highest BCUT2D eigenvalue weighted by Gasteiger charge is 2.03. The van der Waals surface area contributed by atoms with Gasteiger partial charge in [-0.2, -0.15) is 5.10 Å². The van der Waals surface area contributed by atoms with Crippen LogP contribution >= 0.6 is 11.8 Å². The van der Waals surface area contributed by atoms with Crippen LogP contribution in [0.4, 0.5) is 0 Å². The maximum absolute atomic E-state index is 5.75. The zero-order valence-corrected chi connectivity index (χ0v) is 13.1. The van der Waals surface area contributed by atoms with Gasteiger partial charge in [0.25, 0.3) is 0 Å². The molecule has 0 radical (unpaired) electrons. The van der Waals surface area contributed by atoms with Crippen molar-refractivity contribution in [2.24, 2.45) is 7.05 Å². The largest absolute Gasteiger partial charge is 0.492 e. The molecule has 0 spiro atoms. The van der Waals surface area contributed by atoms with Crippen molar-refractivity contribution >= 4 is 11.8 Å². The average molecular weight is 291 g/mol. The van der Waals surface area contributed by atoms with Crippen LogP contribution in [-0.4, -0.2) is 41.1 Å². The summed E-state index contributed by atoms with van der Waals surface area (Å²) >= 11 is 1.74. The first-order valence-electron chi connectivity index (χ1n) is 6.60. The van der Waals surface area contributed by atoms with Crippen LogP contribution in [0.25, 0.3) is 0 Å². The molecule has 0 fully saturated rings. The van der Waals surface area contributed by atoms with E-state index >= 15 is 0 Å². The molecule has 1 heterocycles. The molecule has 5 heteroatoms. The Hall–Kier alpha value is -1.46. The van der Waals surface area contributed by atoms with Crippen molar-refractivity contribution in [2.45, 2.75) is 11.4 Å². The molecule has 2 rings (SSSR count). The Morgan fingerprint density at radius 1 is 1.30 bits per heavy atom. The van der Waals surface area contributed by atoms with E-state index in [-0.39, 0.29) is 0 Å². The molecule has 1 aromatic heterocycles. The monoisotopic (exact) mass is 291 g/mol. The Morgan fingerprint density at radius 2 is 2.05 bits per heavy atom. The van der Waals surface area contributed by atoms with E-state index in [1.54, 1.807) is 11.8 Å². The minimum absolute atomic E-state index is 0.690. The van der Waals surface area contributed by atoms with Crippen LogP contribution in [0.2, 0.25) is 0 Å². The molecular weight excluding hydrogens is 270 g/mol. The Kier molecular flexibility index (Phi) is 5.49. The smallest absolute Gasteiger partial charge is 0.119 e. The second-order valence-corrected chi connectivity index (χ2v) is 5.66. The Morgan fingerprint density at radius 3 is 2.65 bits per heavy atom. The van der Waals surface area contributed by atoms with E-state index in [9.17, 15) is 0 Å². The third kappa shape index (κ3) is 4.58. The Bertz CT molecular complexity index is 524. The van der Waals surface area contributed by atoms with Crippen molar-refractivity contribution in [1.82, 2.24) is 14.7 Å². The SMILES string of the molecule is CSc1ccc(OCCN(C)Cc2cnn(C)c2)cc1. The second kappa shape index (κ2) is 7.36. The van der Waals surface area contributed by atoms with E-state index < -0.39 is 0 Å². The highest BCUT2D eigenvalue weighted by atomic mass is 32.2. The summed E-state index contributed by atoms with van der Waals surface area (Å²) in [4.78, 5) is 3.49. The first-order valence-corrected chi connectivity index (χ1v) is 7.83. The minimum Gasteiger partial charge on any atom is -0.492 e. The number of ether oxygens (including phenoxy) is 1. The molecular formula is C15H21N3OS. The van der Waals surface area contributed by atoms with Gasteiger partial charge in [0.05, 0.1) is 6.20 Å². The van der Waals surface area contributed by atoms with Gasteiger partial charge in [-0.1, -0.05) is 0 Å². The van der Waals surface area contributed by atoms with Gasteiger partial charge < -0.3 is 4.74 Å².